The molecule has 3 nitrogen and oxygen atoms in total. The van der Waals surface area contributed by atoms with Gasteiger partial charge in [-0.05, 0) is 39.0 Å². The molecule has 0 aliphatic heterocycles. The topological polar surface area (TPSA) is 55.5 Å². The fourth-order valence-corrected chi connectivity index (χ4v) is 2.70. The van der Waals surface area contributed by atoms with Gasteiger partial charge in [0, 0.05) is 12.0 Å². The van der Waals surface area contributed by atoms with E-state index in [0.29, 0.717) is 16.1 Å². The lowest BCUT2D eigenvalue weighted by molar-refractivity contribution is 0.371. The van der Waals surface area contributed by atoms with E-state index in [9.17, 15) is 5.11 Å². The predicted molar refractivity (Wildman–Crippen MR) is 66.9 cm³/mol. The molecule has 0 aromatic heterocycles. The van der Waals surface area contributed by atoms with E-state index in [0.717, 1.165) is 5.56 Å². The molecule has 0 spiro atoms. The Morgan fingerprint density at radius 3 is 2.44 bits per heavy atom. The molecule has 88 valence electrons. The summed E-state index contributed by atoms with van der Waals surface area (Å²) in [5.74, 6) is 0.954. The van der Waals surface area contributed by atoms with Crippen LogP contribution in [0.4, 0.5) is 0 Å². The van der Waals surface area contributed by atoms with Crippen LogP contribution in [0.2, 0.25) is 0 Å². The van der Waals surface area contributed by atoms with Crippen LogP contribution in [0.15, 0.2) is 16.6 Å². The Morgan fingerprint density at radius 2 is 2.00 bits per heavy atom. The molecular weight excluding hydrogens is 270 g/mol. The van der Waals surface area contributed by atoms with Crippen molar-refractivity contribution in [1.29, 1.82) is 0 Å². The number of benzene rings is 1. The van der Waals surface area contributed by atoms with Crippen molar-refractivity contribution in [2.24, 2.45) is 11.1 Å². The van der Waals surface area contributed by atoms with Crippen molar-refractivity contribution >= 4 is 15.9 Å². The second kappa shape index (κ2) is 3.64. The van der Waals surface area contributed by atoms with Gasteiger partial charge in [0.25, 0.3) is 0 Å². The fourth-order valence-electron chi connectivity index (χ4n) is 2.24. The van der Waals surface area contributed by atoms with Crippen LogP contribution in [0.5, 0.6) is 11.5 Å². The summed E-state index contributed by atoms with van der Waals surface area (Å²) in [6, 6.07) is 3.95. The number of ether oxygens (including phenoxy) is 1. The van der Waals surface area contributed by atoms with Crippen LogP contribution in [0.25, 0.3) is 0 Å². The summed E-state index contributed by atoms with van der Waals surface area (Å²) in [6.45, 7) is 4.30. The smallest absolute Gasteiger partial charge is 0.172 e. The zero-order valence-corrected chi connectivity index (χ0v) is 11.2. The molecule has 1 saturated carbocycles. The number of phenolic OH excluding ortho intramolecular Hbond substituents is 1. The number of rotatable bonds is 2. The van der Waals surface area contributed by atoms with E-state index in [2.05, 4.69) is 29.8 Å². The highest BCUT2D eigenvalue weighted by Crippen LogP contribution is 2.58. The number of nitrogens with two attached hydrogens (primary N) is 1. The molecule has 0 amide bonds. The molecule has 1 aliphatic rings. The van der Waals surface area contributed by atoms with Crippen LogP contribution in [-0.4, -0.2) is 18.3 Å². The number of phenols is 1. The molecule has 0 heterocycles. The van der Waals surface area contributed by atoms with Gasteiger partial charge >= 0.3 is 0 Å². The first-order valence-corrected chi connectivity index (χ1v) is 6.01. The van der Waals surface area contributed by atoms with Crippen LogP contribution in [0.1, 0.15) is 25.3 Å². The van der Waals surface area contributed by atoms with Crippen LogP contribution < -0.4 is 10.5 Å². The molecule has 4 heteroatoms. The van der Waals surface area contributed by atoms with Crippen LogP contribution >= 0.6 is 15.9 Å². The lowest BCUT2D eigenvalue weighted by Crippen LogP contribution is -2.06. The molecule has 1 aromatic rings. The third-order valence-corrected chi connectivity index (χ3v) is 4.14. The molecule has 0 bridgehead atoms. The van der Waals surface area contributed by atoms with Gasteiger partial charge in [0.05, 0.1) is 11.6 Å². The lowest BCUT2D eigenvalue weighted by atomic mass is 10.0. The highest BCUT2D eigenvalue weighted by Gasteiger charge is 2.56. The third kappa shape index (κ3) is 1.60. The largest absolute Gasteiger partial charge is 0.503 e. The van der Waals surface area contributed by atoms with E-state index in [1.165, 1.54) is 0 Å². The monoisotopic (exact) mass is 285 g/mol. The third-order valence-electron chi connectivity index (χ3n) is 3.54. The Bertz CT molecular complexity index is 431. The van der Waals surface area contributed by atoms with E-state index < -0.39 is 0 Å². The van der Waals surface area contributed by atoms with Crippen molar-refractivity contribution in [1.82, 2.24) is 0 Å². The number of halogens is 1. The molecule has 2 unspecified atom stereocenters. The second-order valence-corrected chi connectivity index (χ2v) is 5.73. The fraction of sp³-hybridized carbons (Fsp3) is 0.500. The van der Waals surface area contributed by atoms with Gasteiger partial charge in [-0.2, -0.15) is 0 Å². The minimum Gasteiger partial charge on any atom is -0.503 e. The Morgan fingerprint density at radius 1 is 1.44 bits per heavy atom. The number of aromatic hydroxyl groups is 1. The first kappa shape index (κ1) is 11.7. The van der Waals surface area contributed by atoms with Gasteiger partial charge in [0.15, 0.2) is 11.5 Å². The van der Waals surface area contributed by atoms with Gasteiger partial charge in [-0.1, -0.05) is 13.8 Å². The zero-order chi connectivity index (χ0) is 12.1. The molecule has 0 radical (unpaired) electrons. The standard InChI is InChI=1S/C12H16BrNO2/c1-12(2)9(11(12)14)6-4-7(13)10(15)8(5-6)16-3/h4-5,9,11,15H,14H2,1-3H3. The lowest BCUT2D eigenvalue weighted by Gasteiger charge is -2.09. The maximum absolute atomic E-state index is 9.72. The summed E-state index contributed by atoms with van der Waals surface area (Å²) < 4.78 is 5.78. The molecule has 2 atom stereocenters. The van der Waals surface area contributed by atoms with E-state index in [1.54, 1.807) is 7.11 Å². The van der Waals surface area contributed by atoms with Crippen molar-refractivity contribution in [3.63, 3.8) is 0 Å². The van der Waals surface area contributed by atoms with Gasteiger partial charge in [0.2, 0.25) is 0 Å². The first-order valence-electron chi connectivity index (χ1n) is 5.21. The van der Waals surface area contributed by atoms with Gasteiger partial charge < -0.3 is 15.6 Å². The van der Waals surface area contributed by atoms with E-state index >= 15 is 0 Å². The van der Waals surface area contributed by atoms with E-state index in [4.69, 9.17) is 10.5 Å². The SMILES string of the molecule is COc1cc(C2C(N)C2(C)C)cc(Br)c1O. The first-order chi connectivity index (χ1) is 7.39. The minimum atomic E-state index is 0.126. The Balaban J connectivity index is 2.41. The van der Waals surface area contributed by atoms with Crippen LogP contribution in [-0.2, 0) is 0 Å². The maximum atomic E-state index is 9.72. The Kier molecular flexibility index (Phi) is 2.67. The molecule has 1 aromatic carbocycles. The number of methoxy groups -OCH3 is 1. The molecular formula is C12H16BrNO2. The maximum Gasteiger partial charge on any atom is 0.172 e. The van der Waals surface area contributed by atoms with Gasteiger partial charge in [-0.15, -0.1) is 0 Å². The highest BCUT2D eigenvalue weighted by atomic mass is 79.9. The molecule has 2 rings (SSSR count). The molecule has 3 N–H and O–H groups in total. The zero-order valence-electron chi connectivity index (χ0n) is 9.62. The summed E-state index contributed by atoms with van der Waals surface area (Å²) in [5.41, 5.74) is 7.27. The molecule has 16 heavy (non-hydrogen) atoms. The summed E-state index contributed by atoms with van der Waals surface area (Å²) >= 11 is 3.32. The van der Waals surface area contributed by atoms with Crippen molar-refractivity contribution in [3.8, 4) is 11.5 Å². The quantitative estimate of drug-likeness (QED) is 0.878. The summed E-state index contributed by atoms with van der Waals surface area (Å²) in [6.07, 6.45) is 0. The van der Waals surface area contributed by atoms with E-state index in [-0.39, 0.29) is 17.2 Å². The van der Waals surface area contributed by atoms with E-state index in [1.807, 2.05) is 12.1 Å². The highest BCUT2D eigenvalue weighted by molar-refractivity contribution is 9.10. The summed E-state index contributed by atoms with van der Waals surface area (Å²) in [4.78, 5) is 0. The average Bonchev–Trinajstić information content (AvgIpc) is 2.71. The van der Waals surface area contributed by atoms with Crippen molar-refractivity contribution in [2.75, 3.05) is 7.11 Å². The molecule has 0 saturated heterocycles. The summed E-state index contributed by atoms with van der Waals surface area (Å²) in [7, 11) is 1.54. The van der Waals surface area contributed by atoms with Gasteiger partial charge in [-0.3, -0.25) is 0 Å². The van der Waals surface area contributed by atoms with Crippen LogP contribution in [0.3, 0.4) is 0 Å². The van der Waals surface area contributed by atoms with Gasteiger partial charge in [-0.25, -0.2) is 0 Å². The summed E-state index contributed by atoms with van der Waals surface area (Å²) in [5, 5.41) is 9.72. The number of hydrogen-bond donors (Lipinski definition) is 2. The van der Waals surface area contributed by atoms with Crippen molar-refractivity contribution < 1.29 is 9.84 Å². The van der Waals surface area contributed by atoms with Crippen LogP contribution in [0, 0.1) is 5.41 Å². The minimum absolute atomic E-state index is 0.126. The second-order valence-electron chi connectivity index (χ2n) is 4.88. The number of hydrogen-bond acceptors (Lipinski definition) is 3. The van der Waals surface area contributed by atoms with Crippen molar-refractivity contribution in [3.05, 3.63) is 22.2 Å². The Labute approximate surface area is 104 Å². The molecule has 1 fully saturated rings. The van der Waals surface area contributed by atoms with Crippen molar-refractivity contribution in [2.45, 2.75) is 25.8 Å². The normalized spacial score (nSPS) is 26.6. The predicted octanol–water partition coefficient (Wildman–Crippen LogP) is 2.61. The average molecular weight is 286 g/mol. The Hall–Kier alpha value is -0.740. The molecule has 1 aliphatic carbocycles. The van der Waals surface area contributed by atoms with Gasteiger partial charge in [0.1, 0.15) is 0 Å².